The predicted octanol–water partition coefficient (Wildman–Crippen LogP) is 5.65. The zero-order valence-electron chi connectivity index (χ0n) is 16.9. The van der Waals surface area contributed by atoms with E-state index in [-0.39, 0.29) is 19.6 Å². The first-order chi connectivity index (χ1) is 14.9. The maximum absolute atomic E-state index is 13.1. The monoisotopic (exact) mass is 460 g/mol. The van der Waals surface area contributed by atoms with E-state index in [0.29, 0.717) is 5.56 Å². The van der Waals surface area contributed by atoms with Crippen LogP contribution in [0.3, 0.4) is 0 Å². The molecule has 0 aromatic heterocycles. The van der Waals surface area contributed by atoms with Gasteiger partial charge in [0.25, 0.3) is 0 Å². The average molecular weight is 460 g/mol. The molecule has 4 nitrogen and oxygen atoms in total. The van der Waals surface area contributed by atoms with Crippen molar-refractivity contribution in [2.75, 3.05) is 19.6 Å². The van der Waals surface area contributed by atoms with Crippen LogP contribution in [0.2, 0.25) is 0 Å². The van der Waals surface area contributed by atoms with Crippen LogP contribution in [0.1, 0.15) is 12.0 Å². The Balaban J connectivity index is 1.79. The largest absolute Gasteiger partial charge is 0.465 e. The first-order valence-electron chi connectivity index (χ1n) is 9.95. The van der Waals surface area contributed by atoms with Crippen molar-refractivity contribution in [3.8, 4) is 11.1 Å². The van der Waals surface area contributed by atoms with E-state index >= 15 is 0 Å². The summed E-state index contributed by atoms with van der Waals surface area (Å²) in [6.07, 6.45) is -13.5. The standard InChI is InChI=1S/C22H22F6N2O2/c23-21(24,25)19(22(26,27)28)12-18-14-30(20(31)32)11-10-29(18)13-15-6-8-17(9-7-15)16-4-2-1-3-5-16/h1-9,18-19H,10-14H2,(H,31,32). The first-order valence-corrected chi connectivity index (χ1v) is 9.95. The Labute approximate surface area is 181 Å². The molecule has 0 radical (unpaired) electrons. The van der Waals surface area contributed by atoms with E-state index in [1.54, 1.807) is 12.1 Å². The third-order valence-corrected chi connectivity index (χ3v) is 5.62. The molecule has 1 aliphatic rings. The maximum atomic E-state index is 13.1. The molecule has 0 aliphatic carbocycles. The Morgan fingerprint density at radius 2 is 1.47 bits per heavy atom. The van der Waals surface area contributed by atoms with Gasteiger partial charge in [0.1, 0.15) is 0 Å². The number of hydrogen-bond donors (Lipinski definition) is 1. The number of amides is 1. The van der Waals surface area contributed by atoms with Gasteiger partial charge in [-0.3, -0.25) is 4.90 Å². The van der Waals surface area contributed by atoms with E-state index < -0.39 is 43.4 Å². The van der Waals surface area contributed by atoms with Crippen molar-refractivity contribution in [2.45, 2.75) is 31.4 Å². The van der Waals surface area contributed by atoms with Gasteiger partial charge in [-0.2, -0.15) is 26.3 Å². The fourth-order valence-corrected chi connectivity index (χ4v) is 3.89. The van der Waals surface area contributed by atoms with Crippen molar-refractivity contribution in [3.05, 3.63) is 60.2 Å². The van der Waals surface area contributed by atoms with Crippen LogP contribution in [-0.2, 0) is 6.54 Å². The summed E-state index contributed by atoms with van der Waals surface area (Å²) in [7, 11) is 0. The summed E-state index contributed by atoms with van der Waals surface area (Å²) in [6, 6.07) is 15.5. The molecule has 2 aromatic rings. The van der Waals surface area contributed by atoms with Gasteiger partial charge in [-0.15, -0.1) is 0 Å². The number of carboxylic acid groups (broad SMARTS) is 1. The van der Waals surface area contributed by atoms with Crippen LogP contribution in [0.5, 0.6) is 0 Å². The second-order valence-corrected chi connectivity index (χ2v) is 7.79. The lowest BCUT2D eigenvalue weighted by molar-refractivity contribution is -0.289. The topological polar surface area (TPSA) is 43.8 Å². The van der Waals surface area contributed by atoms with E-state index in [0.717, 1.165) is 16.0 Å². The smallest absolute Gasteiger partial charge is 0.407 e. The summed E-state index contributed by atoms with van der Waals surface area (Å²) in [5, 5.41) is 9.19. The van der Waals surface area contributed by atoms with Gasteiger partial charge in [0, 0.05) is 32.2 Å². The molecule has 1 heterocycles. The van der Waals surface area contributed by atoms with Crippen molar-refractivity contribution in [2.24, 2.45) is 5.92 Å². The van der Waals surface area contributed by atoms with Gasteiger partial charge in [-0.05, 0) is 23.1 Å². The lowest BCUT2D eigenvalue weighted by Gasteiger charge is -2.42. The zero-order valence-corrected chi connectivity index (χ0v) is 16.9. The zero-order chi connectivity index (χ0) is 23.5. The van der Waals surface area contributed by atoms with E-state index in [9.17, 15) is 36.2 Å². The predicted molar refractivity (Wildman–Crippen MR) is 106 cm³/mol. The second-order valence-electron chi connectivity index (χ2n) is 7.79. The van der Waals surface area contributed by atoms with E-state index in [2.05, 4.69) is 0 Å². The molecular weight excluding hydrogens is 438 g/mol. The maximum Gasteiger partial charge on any atom is 0.407 e. The molecule has 174 valence electrons. The number of halogens is 6. The Bertz CT molecular complexity index is 885. The van der Waals surface area contributed by atoms with Crippen molar-refractivity contribution in [1.82, 2.24) is 9.80 Å². The van der Waals surface area contributed by atoms with Crippen LogP contribution in [0.15, 0.2) is 54.6 Å². The van der Waals surface area contributed by atoms with Crippen molar-refractivity contribution >= 4 is 6.09 Å². The highest BCUT2D eigenvalue weighted by molar-refractivity contribution is 5.65. The van der Waals surface area contributed by atoms with Crippen LogP contribution in [-0.4, -0.2) is 59.0 Å². The minimum absolute atomic E-state index is 0.0106. The van der Waals surface area contributed by atoms with Gasteiger partial charge >= 0.3 is 18.4 Å². The number of benzene rings is 2. The molecular formula is C22H22F6N2O2. The minimum atomic E-state index is -5.47. The van der Waals surface area contributed by atoms with Gasteiger partial charge in [-0.1, -0.05) is 54.6 Å². The van der Waals surface area contributed by atoms with Gasteiger partial charge in [0.05, 0.1) is 0 Å². The normalized spacial score (nSPS) is 18.2. The molecule has 1 aliphatic heterocycles. The van der Waals surface area contributed by atoms with Crippen LogP contribution in [0.25, 0.3) is 11.1 Å². The molecule has 1 saturated heterocycles. The number of hydrogen-bond acceptors (Lipinski definition) is 2. The molecule has 32 heavy (non-hydrogen) atoms. The molecule has 1 unspecified atom stereocenters. The Morgan fingerprint density at radius 3 is 2.00 bits per heavy atom. The molecule has 0 spiro atoms. The molecule has 3 rings (SSSR count). The molecule has 2 aromatic carbocycles. The highest BCUT2D eigenvalue weighted by Gasteiger charge is 2.57. The Hall–Kier alpha value is -2.75. The summed E-state index contributed by atoms with van der Waals surface area (Å²) in [5.74, 6) is -3.52. The first kappa shape index (κ1) is 23.9. The average Bonchev–Trinajstić information content (AvgIpc) is 2.72. The van der Waals surface area contributed by atoms with Gasteiger partial charge in [0.15, 0.2) is 5.92 Å². The lowest BCUT2D eigenvalue weighted by atomic mass is 9.95. The van der Waals surface area contributed by atoms with Gasteiger partial charge < -0.3 is 10.0 Å². The summed E-state index contributed by atoms with van der Waals surface area (Å²) in [4.78, 5) is 13.6. The molecule has 0 saturated carbocycles. The van der Waals surface area contributed by atoms with Gasteiger partial charge in [-0.25, -0.2) is 4.79 Å². The molecule has 1 N–H and O–H groups in total. The summed E-state index contributed by atoms with van der Waals surface area (Å²) >= 11 is 0. The van der Waals surface area contributed by atoms with Crippen LogP contribution < -0.4 is 0 Å². The fourth-order valence-electron chi connectivity index (χ4n) is 3.89. The SMILES string of the molecule is O=C(O)N1CCN(Cc2ccc(-c3ccccc3)cc2)C(CC(C(F)(F)F)C(F)(F)F)C1. The Morgan fingerprint density at radius 1 is 0.906 bits per heavy atom. The number of alkyl halides is 6. The summed E-state index contributed by atoms with van der Waals surface area (Å²) < 4.78 is 78.7. The summed E-state index contributed by atoms with van der Waals surface area (Å²) in [5.41, 5.74) is 2.62. The van der Waals surface area contributed by atoms with Crippen LogP contribution in [0.4, 0.5) is 31.1 Å². The second kappa shape index (κ2) is 9.40. The molecule has 1 amide bonds. The van der Waals surface area contributed by atoms with Crippen molar-refractivity contribution in [1.29, 1.82) is 0 Å². The van der Waals surface area contributed by atoms with Crippen LogP contribution in [0, 0.1) is 5.92 Å². The van der Waals surface area contributed by atoms with E-state index in [1.807, 2.05) is 42.5 Å². The van der Waals surface area contributed by atoms with E-state index in [4.69, 9.17) is 0 Å². The van der Waals surface area contributed by atoms with Crippen molar-refractivity contribution in [3.63, 3.8) is 0 Å². The molecule has 1 atom stereocenters. The number of rotatable bonds is 5. The third-order valence-electron chi connectivity index (χ3n) is 5.62. The highest BCUT2D eigenvalue weighted by Crippen LogP contribution is 2.43. The Kier molecular flexibility index (Phi) is 7.02. The number of piperazine rings is 1. The minimum Gasteiger partial charge on any atom is -0.465 e. The highest BCUT2D eigenvalue weighted by atomic mass is 19.4. The fraction of sp³-hybridized carbons (Fsp3) is 0.409. The van der Waals surface area contributed by atoms with Crippen molar-refractivity contribution < 1.29 is 36.2 Å². The third kappa shape index (κ3) is 5.93. The van der Waals surface area contributed by atoms with Crippen LogP contribution >= 0.6 is 0 Å². The quantitative estimate of drug-likeness (QED) is 0.587. The summed E-state index contributed by atoms with van der Waals surface area (Å²) in [6.45, 7) is -0.244. The molecule has 0 bridgehead atoms. The number of nitrogens with zero attached hydrogens (tertiary/aromatic N) is 2. The molecule has 10 heteroatoms. The van der Waals surface area contributed by atoms with Gasteiger partial charge in [0.2, 0.25) is 0 Å². The lowest BCUT2D eigenvalue weighted by Crippen LogP contribution is -2.56. The van der Waals surface area contributed by atoms with E-state index in [1.165, 1.54) is 4.90 Å². The molecule has 1 fully saturated rings. The number of carbonyl (C=O) groups is 1.